The van der Waals surface area contributed by atoms with Crippen molar-refractivity contribution in [3.05, 3.63) is 29.8 Å². The Bertz CT molecular complexity index is 658. The number of carbonyl (C=O) groups is 1. The number of nitrogens with zero attached hydrogens (tertiary/aromatic N) is 1. The van der Waals surface area contributed by atoms with E-state index in [9.17, 15) is 13.2 Å². The van der Waals surface area contributed by atoms with Crippen molar-refractivity contribution in [3.63, 3.8) is 0 Å². The SMILES string of the molecule is Cc1ccc(S(=O)(=O)NCCN(C)C(=O)[C@H]2CCN[C@@H](C)C2)cc1. The molecule has 1 aromatic rings. The summed E-state index contributed by atoms with van der Waals surface area (Å²) >= 11 is 0. The van der Waals surface area contributed by atoms with Crippen LogP contribution in [0.4, 0.5) is 0 Å². The number of carbonyl (C=O) groups excluding carboxylic acids is 1. The van der Waals surface area contributed by atoms with Gasteiger partial charge in [-0.2, -0.15) is 0 Å². The van der Waals surface area contributed by atoms with Crippen LogP contribution < -0.4 is 10.0 Å². The van der Waals surface area contributed by atoms with E-state index in [-0.39, 0.29) is 23.3 Å². The molecule has 2 atom stereocenters. The molecule has 134 valence electrons. The highest BCUT2D eigenvalue weighted by Crippen LogP contribution is 2.18. The second-order valence-electron chi connectivity index (χ2n) is 6.55. The van der Waals surface area contributed by atoms with Gasteiger partial charge < -0.3 is 10.2 Å². The molecule has 1 aromatic carbocycles. The quantitative estimate of drug-likeness (QED) is 0.803. The van der Waals surface area contributed by atoms with Crippen molar-refractivity contribution >= 4 is 15.9 Å². The number of amides is 1. The Morgan fingerprint density at radius 2 is 2.00 bits per heavy atom. The summed E-state index contributed by atoms with van der Waals surface area (Å²) in [6.45, 7) is 5.41. The van der Waals surface area contributed by atoms with Gasteiger partial charge in [0.05, 0.1) is 4.90 Å². The molecule has 0 radical (unpaired) electrons. The van der Waals surface area contributed by atoms with E-state index in [1.807, 2.05) is 6.92 Å². The zero-order chi connectivity index (χ0) is 17.7. The minimum absolute atomic E-state index is 0.0277. The molecule has 2 N–H and O–H groups in total. The third kappa shape index (κ3) is 5.03. The summed E-state index contributed by atoms with van der Waals surface area (Å²) in [5, 5.41) is 3.33. The molecule has 0 bridgehead atoms. The summed E-state index contributed by atoms with van der Waals surface area (Å²) in [5.74, 6) is 0.123. The highest BCUT2D eigenvalue weighted by Gasteiger charge is 2.27. The van der Waals surface area contributed by atoms with Crippen molar-refractivity contribution in [2.24, 2.45) is 5.92 Å². The van der Waals surface area contributed by atoms with Crippen LogP contribution in [-0.2, 0) is 14.8 Å². The number of hydrogen-bond donors (Lipinski definition) is 2. The van der Waals surface area contributed by atoms with Gasteiger partial charge in [-0.15, -0.1) is 0 Å². The maximum Gasteiger partial charge on any atom is 0.240 e. The smallest absolute Gasteiger partial charge is 0.240 e. The van der Waals surface area contributed by atoms with E-state index >= 15 is 0 Å². The van der Waals surface area contributed by atoms with Gasteiger partial charge in [-0.05, 0) is 45.4 Å². The van der Waals surface area contributed by atoms with Crippen LogP contribution in [0.2, 0.25) is 0 Å². The fourth-order valence-corrected chi connectivity index (χ4v) is 3.95. The predicted octanol–water partition coefficient (Wildman–Crippen LogP) is 1.12. The normalized spacial score (nSPS) is 21.5. The Balaban J connectivity index is 1.84. The Kier molecular flexibility index (Phi) is 6.37. The molecule has 6 nitrogen and oxygen atoms in total. The maximum absolute atomic E-state index is 12.4. The molecule has 1 fully saturated rings. The Hall–Kier alpha value is -1.44. The van der Waals surface area contributed by atoms with E-state index in [2.05, 4.69) is 17.0 Å². The second-order valence-corrected chi connectivity index (χ2v) is 8.31. The molecule has 0 spiro atoms. The van der Waals surface area contributed by atoms with Gasteiger partial charge >= 0.3 is 0 Å². The van der Waals surface area contributed by atoms with Gasteiger partial charge in [0.1, 0.15) is 0 Å². The fourth-order valence-electron chi connectivity index (χ4n) is 2.93. The monoisotopic (exact) mass is 353 g/mol. The second kappa shape index (κ2) is 8.09. The van der Waals surface area contributed by atoms with E-state index in [4.69, 9.17) is 0 Å². The lowest BCUT2D eigenvalue weighted by Crippen LogP contribution is -2.44. The maximum atomic E-state index is 12.4. The van der Waals surface area contributed by atoms with E-state index < -0.39 is 10.0 Å². The third-order valence-corrected chi connectivity index (χ3v) is 5.90. The predicted molar refractivity (Wildman–Crippen MR) is 94.2 cm³/mol. The van der Waals surface area contributed by atoms with Gasteiger partial charge in [0.2, 0.25) is 15.9 Å². The first-order valence-electron chi connectivity index (χ1n) is 8.34. The molecule has 1 heterocycles. The number of hydrogen-bond acceptors (Lipinski definition) is 4. The van der Waals surface area contributed by atoms with Gasteiger partial charge in [-0.3, -0.25) is 4.79 Å². The van der Waals surface area contributed by atoms with E-state index in [0.717, 1.165) is 24.9 Å². The molecule has 1 amide bonds. The van der Waals surface area contributed by atoms with Crippen molar-refractivity contribution < 1.29 is 13.2 Å². The molecule has 0 aliphatic carbocycles. The van der Waals surface area contributed by atoms with Crippen molar-refractivity contribution in [2.45, 2.75) is 37.6 Å². The van der Waals surface area contributed by atoms with Gasteiger partial charge in [0, 0.05) is 32.1 Å². The Labute approximate surface area is 144 Å². The van der Waals surface area contributed by atoms with Crippen LogP contribution in [0.3, 0.4) is 0 Å². The van der Waals surface area contributed by atoms with E-state index in [0.29, 0.717) is 12.6 Å². The molecular formula is C17H27N3O3S. The summed E-state index contributed by atoms with van der Waals surface area (Å²) in [6, 6.07) is 7.05. The number of aryl methyl sites for hydroxylation is 1. The molecule has 7 heteroatoms. The average molecular weight is 353 g/mol. The van der Waals surface area contributed by atoms with Crippen LogP contribution >= 0.6 is 0 Å². The molecule has 24 heavy (non-hydrogen) atoms. The summed E-state index contributed by atoms with van der Waals surface area (Å²) in [5.41, 5.74) is 1.01. The first-order valence-corrected chi connectivity index (χ1v) is 9.82. The number of rotatable bonds is 6. The van der Waals surface area contributed by atoms with Crippen LogP contribution in [0.5, 0.6) is 0 Å². The molecule has 0 saturated carbocycles. The van der Waals surface area contributed by atoms with Crippen molar-refractivity contribution in [1.82, 2.24) is 14.9 Å². The standard InChI is InChI=1S/C17H27N3O3S/c1-13-4-6-16(7-5-13)24(22,23)19-10-11-20(3)17(21)15-8-9-18-14(2)12-15/h4-7,14-15,18-19H,8-12H2,1-3H3/t14-,15-/m0/s1. The first-order chi connectivity index (χ1) is 11.3. The molecular weight excluding hydrogens is 326 g/mol. The van der Waals surface area contributed by atoms with Crippen LogP contribution in [0.25, 0.3) is 0 Å². The molecule has 2 rings (SSSR count). The number of likely N-dealkylation sites (N-methyl/N-ethyl adjacent to an activating group) is 1. The summed E-state index contributed by atoms with van der Waals surface area (Å²) in [7, 11) is -1.80. The zero-order valence-electron chi connectivity index (χ0n) is 14.6. The van der Waals surface area contributed by atoms with E-state index in [1.165, 1.54) is 0 Å². The number of nitrogens with one attached hydrogen (secondary N) is 2. The van der Waals surface area contributed by atoms with E-state index in [1.54, 1.807) is 36.2 Å². The lowest BCUT2D eigenvalue weighted by atomic mass is 9.92. The van der Waals surface area contributed by atoms with Gasteiger partial charge in [-0.25, -0.2) is 13.1 Å². The van der Waals surface area contributed by atoms with Crippen LogP contribution in [0.1, 0.15) is 25.3 Å². The van der Waals surface area contributed by atoms with Gasteiger partial charge in [-0.1, -0.05) is 17.7 Å². The largest absolute Gasteiger partial charge is 0.344 e. The van der Waals surface area contributed by atoms with Crippen LogP contribution in [0.15, 0.2) is 29.2 Å². The average Bonchev–Trinajstić information content (AvgIpc) is 2.54. The summed E-state index contributed by atoms with van der Waals surface area (Å²) < 4.78 is 27.0. The molecule has 1 aliphatic heterocycles. The van der Waals surface area contributed by atoms with Crippen LogP contribution in [-0.4, -0.2) is 51.9 Å². The lowest BCUT2D eigenvalue weighted by Gasteiger charge is -2.30. The number of benzene rings is 1. The van der Waals surface area contributed by atoms with Crippen molar-refractivity contribution in [3.8, 4) is 0 Å². The minimum Gasteiger partial charge on any atom is -0.344 e. The van der Waals surface area contributed by atoms with Crippen LogP contribution in [0, 0.1) is 12.8 Å². The number of sulfonamides is 1. The number of piperidine rings is 1. The summed E-state index contributed by atoms with van der Waals surface area (Å²) in [6.07, 6.45) is 1.67. The molecule has 0 unspecified atom stereocenters. The third-order valence-electron chi connectivity index (χ3n) is 4.42. The Morgan fingerprint density at radius 1 is 1.33 bits per heavy atom. The molecule has 1 aliphatic rings. The first kappa shape index (κ1) is 18.9. The highest BCUT2D eigenvalue weighted by atomic mass is 32.2. The molecule has 1 saturated heterocycles. The summed E-state index contributed by atoms with van der Waals surface area (Å²) in [4.78, 5) is 14.3. The Morgan fingerprint density at radius 3 is 2.62 bits per heavy atom. The highest BCUT2D eigenvalue weighted by molar-refractivity contribution is 7.89. The topological polar surface area (TPSA) is 78.5 Å². The molecule has 0 aromatic heterocycles. The minimum atomic E-state index is -3.53. The lowest BCUT2D eigenvalue weighted by molar-refractivity contribution is -0.135. The van der Waals surface area contributed by atoms with Gasteiger partial charge in [0.15, 0.2) is 0 Å². The van der Waals surface area contributed by atoms with Gasteiger partial charge in [0.25, 0.3) is 0 Å². The van der Waals surface area contributed by atoms with Crippen molar-refractivity contribution in [1.29, 1.82) is 0 Å². The fraction of sp³-hybridized carbons (Fsp3) is 0.588. The van der Waals surface area contributed by atoms with Crippen molar-refractivity contribution in [2.75, 3.05) is 26.7 Å². The zero-order valence-corrected chi connectivity index (χ0v) is 15.4.